The van der Waals surface area contributed by atoms with Crippen LogP contribution in [0.5, 0.6) is 0 Å². The molecule has 16 heteroatoms. The molecule has 3 N–H and O–H groups in total. The number of fused-ring (bicyclic) bond motifs is 4. The van der Waals surface area contributed by atoms with E-state index in [0.717, 1.165) is 57.6 Å². The van der Waals surface area contributed by atoms with Gasteiger partial charge in [-0.05, 0) is 56.5 Å². The van der Waals surface area contributed by atoms with Gasteiger partial charge in [0.15, 0.2) is 23.3 Å². The van der Waals surface area contributed by atoms with E-state index in [1.165, 1.54) is 26.2 Å². The van der Waals surface area contributed by atoms with Crippen LogP contribution in [0.3, 0.4) is 0 Å². The highest BCUT2D eigenvalue weighted by Crippen LogP contribution is 2.48. The minimum atomic E-state index is -3.62. The number of anilines is 4. The lowest BCUT2D eigenvalue weighted by Gasteiger charge is -2.38. The van der Waals surface area contributed by atoms with Gasteiger partial charge in [-0.3, -0.25) is 19.6 Å². The minimum absolute atomic E-state index is 0.0227. The quantitative estimate of drug-likeness (QED) is 0.150. The van der Waals surface area contributed by atoms with Gasteiger partial charge in [0, 0.05) is 55.7 Å². The summed E-state index contributed by atoms with van der Waals surface area (Å²) in [5, 5.41) is 22.4. The Morgan fingerprint density at radius 1 is 1.12 bits per heavy atom. The maximum Gasteiger partial charge on any atom is 0.274 e. The molecule has 14 nitrogen and oxygen atoms in total. The number of pyridine rings is 2. The number of sulfone groups is 1. The zero-order valence-corrected chi connectivity index (χ0v) is 29.6. The van der Waals surface area contributed by atoms with Gasteiger partial charge in [0.25, 0.3) is 5.91 Å². The summed E-state index contributed by atoms with van der Waals surface area (Å²) >= 11 is 0. The number of nitrogens with one attached hydrogen (secondary N) is 2. The lowest BCUT2D eigenvalue weighted by molar-refractivity contribution is -0.117. The summed E-state index contributed by atoms with van der Waals surface area (Å²) in [5.41, 5.74) is 2.92. The fraction of sp³-hybridized carbons (Fsp3) is 0.314. The van der Waals surface area contributed by atoms with Crippen molar-refractivity contribution in [3.8, 4) is 11.1 Å². The Kier molecular flexibility index (Phi) is 8.33. The van der Waals surface area contributed by atoms with Crippen LogP contribution in [0.4, 0.5) is 23.0 Å². The van der Waals surface area contributed by atoms with Gasteiger partial charge in [-0.25, -0.2) is 13.4 Å². The number of para-hydroxylation sites is 1. The Hall–Kier alpha value is -5.35. The van der Waals surface area contributed by atoms with Gasteiger partial charge in [0.2, 0.25) is 5.91 Å². The summed E-state index contributed by atoms with van der Waals surface area (Å²) in [6.07, 6.45) is 4.60. The van der Waals surface area contributed by atoms with Crippen molar-refractivity contribution in [3.63, 3.8) is 0 Å². The van der Waals surface area contributed by atoms with Crippen molar-refractivity contribution in [2.24, 2.45) is 5.92 Å². The van der Waals surface area contributed by atoms with Crippen molar-refractivity contribution in [2.45, 2.75) is 50.2 Å². The molecule has 7 rings (SSSR count). The summed E-state index contributed by atoms with van der Waals surface area (Å²) in [7, 11) is 5.86. The van der Waals surface area contributed by atoms with E-state index in [-0.39, 0.29) is 39.9 Å². The van der Waals surface area contributed by atoms with E-state index in [2.05, 4.69) is 35.6 Å². The molecule has 2 aliphatic rings. The number of rotatable bonds is 9. The molecule has 4 aromatic heterocycles. The van der Waals surface area contributed by atoms with Gasteiger partial charge < -0.3 is 25.5 Å². The molecule has 0 spiro atoms. The van der Waals surface area contributed by atoms with Gasteiger partial charge in [-0.1, -0.05) is 19.1 Å². The van der Waals surface area contributed by atoms with Crippen LogP contribution < -0.4 is 15.5 Å². The minimum Gasteiger partial charge on any atom is -0.374 e. The first-order valence-corrected chi connectivity index (χ1v) is 18.1. The average Bonchev–Trinajstić information content (AvgIpc) is 3.91. The lowest BCUT2D eigenvalue weighted by atomic mass is 9.85. The second-order valence-electron chi connectivity index (χ2n) is 13.0. The van der Waals surface area contributed by atoms with Crippen LogP contribution >= 0.6 is 0 Å². The first-order valence-electron chi connectivity index (χ1n) is 16.5. The normalized spacial score (nSPS) is 16.6. The van der Waals surface area contributed by atoms with E-state index >= 15 is 0 Å². The molecular weight excluding hydrogens is 669 g/mol. The number of hydrogen-bond donors (Lipinski definition) is 3. The number of aliphatic hydroxyl groups is 1. The van der Waals surface area contributed by atoms with E-state index in [9.17, 15) is 23.1 Å². The Labute approximate surface area is 296 Å². The van der Waals surface area contributed by atoms with Gasteiger partial charge in [-0.2, -0.15) is 9.61 Å². The Morgan fingerprint density at radius 2 is 1.88 bits per heavy atom. The third-order valence-electron chi connectivity index (χ3n) is 9.54. The second kappa shape index (κ2) is 12.5. The molecule has 2 amide bonds. The van der Waals surface area contributed by atoms with Crippen molar-refractivity contribution in [1.29, 1.82) is 0 Å². The predicted molar refractivity (Wildman–Crippen MR) is 193 cm³/mol. The summed E-state index contributed by atoms with van der Waals surface area (Å²) in [5.74, 6) is 0.183. The molecule has 1 aliphatic carbocycles. The molecule has 0 bridgehead atoms. The third kappa shape index (κ3) is 6.07. The number of aryl methyl sites for hydroxylation is 1. The van der Waals surface area contributed by atoms with Crippen LogP contribution in [0.1, 0.15) is 60.2 Å². The molecule has 1 fully saturated rings. The van der Waals surface area contributed by atoms with Gasteiger partial charge >= 0.3 is 0 Å². The zero-order chi connectivity index (χ0) is 36.4. The zero-order valence-electron chi connectivity index (χ0n) is 28.7. The monoisotopic (exact) mass is 705 g/mol. The van der Waals surface area contributed by atoms with Gasteiger partial charge in [-0.15, -0.1) is 0 Å². The topological polar surface area (TPSA) is 175 Å². The number of aromatic nitrogens is 5. The second-order valence-corrected chi connectivity index (χ2v) is 15.3. The van der Waals surface area contributed by atoms with Gasteiger partial charge in [0.05, 0.1) is 39.5 Å². The molecule has 0 saturated heterocycles. The highest BCUT2D eigenvalue weighted by atomic mass is 32.2. The molecule has 5 heterocycles. The molecule has 1 saturated carbocycles. The highest BCUT2D eigenvalue weighted by Gasteiger charge is 2.36. The number of amides is 2. The number of carbonyl (C=O) groups excluding carboxylic acids is 2. The number of benzene rings is 1. The molecule has 51 heavy (non-hydrogen) atoms. The largest absolute Gasteiger partial charge is 0.374 e. The molecule has 2 atom stereocenters. The maximum absolute atomic E-state index is 13.7. The van der Waals surface area contributed by atoms with Crippen molar-refractivity contribution >= 4 is 58.2 Å². The first kappa shape index (κ1) is 34.1. The van der Waals surface area contributed by atoms with Crippen LogP contribution in [0, 0.1) is 12.8 Å². The van der Waals surface area contributed by atoms with E-state index in [0.29, 0.717) is 17.3 Å². The summed E-state index contributed by atoms with van der Waals surface area (Å²) in [6, 6.07) is 13.4. The number of carbonyl (C=O) groups is 2. The molecule has 260 valence electrons. The SMILES string of the molecule is [B]C(O)(c1cc(S(=O)(=O)CC)ccn1)N(C)C(=O)c1cc2c(cn1)-c1cccc(Nc3cc(NC(=O)C4CC4)nc4cc(C)nn34)c1N(C)C2C. The number of hydrogen-bond acceptors (Lipinski definition) is 11. The van der Waals surface area contributed by atoms with Crippen LogP contribution in [-0.2, 0) is 20.3 Å². The molecule has 2 radical (unpaired) electrons. The maximum atomic E-state index is 13.7. The van der Waals surface area contributed by atoms with E-state index in [4.69, 9.17) is 7.85 Å². The Bertz CT molecular complexity index is 2340. The lowest BCUT2D eigenvalue weighted by Crippen LogP contribution is -2.48. The van der Waals surface area contributed by atoms with Crippen molar-refractivity contribution < 1.29 is 23.1 Å². The van der Waals surface area contributed by atoms with Crippen molar-refractivity contribution in [1.82, 2.24) is 29.5 Å². The van der Waals surface area contributed by atoms with Crippen LogP contribution in [0.15, 0.2) is 65.8 Å². The standard InChI is InChI=1S/C35H36BN9O5S/c1-6-51(49,50)22-12-13-37-28(15-22)35(36,48)44(5)34(47)27-16-24-20(3)43(4)32-23(25(24)18-38-27)8-7-9-26(32)39-31-17-29(41-33(46)21-10-11-21)40-30-14-19(2)42-45(30)31/h7-9,12-18,20-21,39,48H,6,10-11H2,1-5H3,(H,40,41,46). The van der Waals surface area contributed by atoms with Crippen molar-refractivity contribution in [2.75, 3.05) is 35.4 Å². The van der Waals surface area contributed by atoms with E-state index in [1.807, 2.05) is 45.2 Å². The Balaban J connectivity index is 1.21. The van der Waals surface area contributed by atoms with Crippen molar-refractivity contribution in [3.05, 3.63) is 83.6 Å². The van der Waals surface area contributed by atoms with Crippen LogP contribution in [0.25, 0.3) is 16.8 Å². The van der Waals surface area contributed by atoms with Crippen LogP contribution in [0.2, 0.25) is 0 Å². The Morgan fingerprint density at radius 3 is 2.61 bits per heavy atom. The van der Waals surface area contributed by atoms with E-state index in [1.54, 1.807) is 22.8 Å². The van der Waals surface area contributed by atoms with Gasteiger partial charge in [0.1, 0.15) is 23.0 Å². The smallest absolute Gasteiger partial charge is 0.274 e. The molecule has 2 unspecified atom stereocenters. The van der Waals surface area contributed by atoms with E-state index < -0.39 is 21.4 Å². The van der Waals surface area contributed by atoms with Crippen LogP contribution in [-0.4, -0.2) is 82.5 Å². The first-order chi connectivity index (χ1) is 24.2. The summed E-state index contributed by atoms with van der Waals surface area (Å²) in [4.78, 5) is 42.4. The summed E-state index contributed by atoms with van der Waals surface area (Å²) < 4.78 is 26.6. The molecule has 1 aromatic carbocycles. The number of nitrogens with zero attached hydrogens (tertiary/aromatic N) is 7. The summed E-state index contributed by atoms with van der Waals surface area (Å²) in [6.45, 7) is 5.39. The fourth-order valence-electron chi connectivity index (χ4n) is 6.23. The highest BCUT2D eigenvalue weighted by molar-refractivity contribution is 7.91. The molecule has 5 aromatic rings. The average molecular weight is 706 g/mol. The molecular formula is C35H36BN9O5S. The predicted octanol–water partition coefficient (Wildman–Crippen LogP) is 3.93. The fourth-order valence-corrected chi connectivity index (χ4v) is 7.12. The third-order valence-corrected chi connectivity index (χ3v) is 11.3. The molecule has 1 aliphatic heterocycles.